The van der Waals surface area contributed by atoms with E-state index in [1.54, 1.807) is 25.3 Å². The van der Waals surface area contributed by atoms with E-state index in [-0.39, 0.29) is 5.97 Å². The van der Waals surface area contributed by atoms with Gasteiger partial charge in [0.1, 0.15) is 5.75 Å². The highest BCUT2D eigenvalue weighted by Crippen LogP contribution is 2.27. The number of benzene rings is 2. The second-order valence-electron chi connectivity index (χ2n) is 4.35. The molecule has 0 radical (unpaired) electrons. The van der Waals surface area contributed by atoms with Crippen molar-refractivity contribution in [2.24, 2.45) is 0 Å². The maximum Gasteiger partial charge on any atom is 0.332 e. The predicted molar refractivity (Wildman–Crippen MR) is 82.8 cm³/mol. The van der Waals surface area contributed by atoms with Gasteiger partial charge in [-0.1, -0.05) is 35.9 Å². The van der Waals surface area contributed by atoms with Gasteiger partial charge in [0.2, 0.25) is 0 Å². The summed E-state index contributed by atoms with van der Waals surface area (Å²) < 4.78 is 9.98. The lowest BCUT2D eigenvalue weighted by Gasteiger charge is -2.19. The molecule has 110 valence electrons. The van der Waals surface area contributed by atoms with Gasteiger partial charge in [-0.3, -0.25) is 0 Å². The van der Waals surface area contributed by atoms with E-state index in [2.05, 4.69) is 5.32 Å². The standard InChI is InChI=1S/C16H16ClNO3/c1-20-12-9-7-11(8-10-12)15(16(19)21-2)18-14-6-4-3-5-13(14)17/h3-10,15,18H,1-2H3. The third-order valence-corrected chi connectivity index (χ3v) is 3.39. The van der Waals surface area contributed by atoms with E-state index in [0.717, 1.165) is 11.3 Å². The third-order valence-electron chi connectivity index (χ3n) is 3.06. The van der Waals surface area contributed by atoms with Crippen LogP contribution in [0.4, 0.5) is 5.69 Å². The Morgan fingerprint density at radius 3 is 2.33 bits per heavy atom. The largest absolute Gasteiger partial charge is 0.497 e. The number of para-hydroxylation sites is 1. The number of carbonyl (C=O) groups excluding carboxylic acids is 1. The molecule has 0 fully saturated rings. The average molecular weight is 306 g/mol. The Bertz CT molecular complexity index is 613. The van der Waals surface area contributed by atoms with Crippen LogP contribution in [0, 0.1) is 0 Å². The Kier molecular flexibility index (Phi) is 5.06. The Labute approximate surface area is 128 Å². The third kappa shape index (κ3) is 3.67. The van der Waals surface area contributed by atoms with E-state index in [9.17, 15) is 4.79 Å². The molecule has 21 heavy (non-hydrogen) atoms. The Balaban J connectivity index is 2.30. The molecule has 0 saturated heterocycles. The van der Waals surface area contributed by atoms with Crippen molar-refractivity contribution < 1.29 is 14.3 Å². The van der Waals surface area contributed by atoms with E-state index in [4.69, 9.17) is 21.1 Å². The van der Waals surface area contributed by atoms with Crippen LogP contribution in [-0.4, -0.2) is 20.2 Å². The average Bonchev–Trinajstić information content (AvgIpc) is 2.53. The van der Waals surface area contributed by atoms with Gasteiger partial charge >= 0.3 is 5.97 Å². The molecule has 1 unspecified atom stereocenters. The summed E-state index contributed by atoms with van der Waals surface area (Å²) in [5.41, 5.74) is 1.44. The fourth-order valence-electron chi connectivity index (χ4n) is 1.93. The minimum atomic E-state index is -0.638. The van der Waals surface area contributed by atoms with Gasteiger partial charge < -0.3 is 14.8 Å². The van der Waals surface area contributed by atoms with E-state index in [1.165, 1.54) is 7.11 Å². The van der Waals surface area contributed by atoms with Crippen LogP contribution in [-0.2, 0) is 9.53 Å². The number of hydrogen-bond acceptors (Lipinski definition) is 4. The van der Waals surface area contributed by atoms with Crippen LogP contribution in [0.15, 0.2) is 48.5 Å². The molecule has 2 aromatic rings. The second kappa shape index (κ2) is 6.99. The first-order valence-corrected chi connectivity index (χ1v) is 6.76. The van der Waals surface area contributed by atoms with Crippen molar-refractivity contribution in [2.75, 3.05) is 19.5 Å². The van der Waals surface area contributed by atoms with E-state index in [0.29, 0.717) is 10.7 Å². The van der Waals surface area contributed by atoms with Crippen LogP contribution < -0.4 is 10.1 Å². The lowest BCUT2D eigenvalue weighted by molar-refractivity contribution is -0.141. The lowest BCUT2D eigenvalue weighted by Crippen LogP contribution is -2.22. The number of carbonyl (C=O) groups is 1. The van der Waals surface area contributed by atoms with Crippen LogP contribution in [0.1, 0.15) is 11.6 Å². The van der Waals surface area contributed by atoms with Crippen LogP contribution >= 0.6 is 11.6 Å². The first-order chi connectivity index (χ1) is 10.2. The van der Waals surface area contributed by atoms with Crippen molar-refractivity contribution in [2.45, 2.75) is 6.04 Å². The van der Waals surface area contributed by atoms with Crippen molar-refractivity contribution in [3.8, 4) is 5.75 Å². The summed E-state index contributed by atoms with van der Waals surface area (Å²) in [4.78, 5) is 12.0. The fourth-order valence-corrected chi connectivity index (χ4v) is 2.12. The van der Waals surface area contributed by atoms with Crippen LogP contribution in [0.25, 0.3) is 0 Å². The first-order valence-electron chi connectivity index (χ1n) is 6.38. The Morgan fingerprint density at radius 1 is 1.10 bits per heavy atom. The summed E-state index contributed by atoms with van der Waals surface area (Å²) in [6.45, 7) is 0. The first kappa shape index (κ1) is 15.2. The van der Waals surface area contributed by atoms with Gasteiger partial charge in [0, 0.05) is 0 Å². The van der Waals surface area contributed by atoms with E-state index >= 15 is 0 Å². The summed E-state index contributed by atoms with van der Waals surface area (Å²) in [6.07, 6.45) is 0. The number of rotatable bonds is 5. The molecule has 5 heteroatoms. The minimum absolute atomic E-state index is 0.389. The monoisotopic (exact) mass is 305 g/mol. The molecule has 0 saturated carbocycles. The number of halogens is 1. The van der Waals surface area contributed by atoms with Crippen LogP contribution in [0.3, 0.4) is 0 Å². The smallest absolute Gasteiger partial charge is 0.332 e. The molecule has 2 aromatic carbocycles. The zero-order valence-corrected chi connectivity index (χ0v) is 12.6. The summed E-state index contributed by atoms with van der Waals surface area (Å²) in [5.74, 6) is 0.334. The minimum Gasteiger partial charge on any atom is -0.497 e. The summed E-state index contributed by atoms with van der Waals surface area (Å²) in [5, 5.41) is 3.65. The van der Waals surface area contributed by atoms with Crippen LogP contribution in [0.5, 0.6) is 5.75 Å². The van der Waals surface area contributed by atoms with Crippen molar-refractivity contribution in [1.29, 1.82) is 0 Å². The number of hydrogen-bond donors (Lipinski definition) is 1. The number of anilines is 1. The Hall–Kier alpha value is -2.20. The molecule has 0 heterocycles. The molecule has 0 aliphatic rings. The van der Waals surface area contributed by atoms with Gasteiger partial charge in [0.05, 0.1) is 24.9 Å². The highest BCUT2D eigenvalue weighted by molar-refractivity contribution is 6.33. The van der Waals surface area contributed by atoms with E-state index in [1.807, 2.05) is 30.3 Å². The van der Waals surface area contributed by atoms with Crippen LogP contribution in [0.2, 0.25) is 5.02 Å². The maximum absolute atomic E-state index is 12.0. The summed E-state index contributed by atoms with van der Waals surface area (Å²) >= 11 is 6.12. The summed E-state index contributed by atoms with van der Waals surface area (Å²) in [6, 6.07) is 13.8. The topological polar surface area (TPSA) is 47.6 Å². The fraction of sp³-hybridized carbons (Fsp3) is 0.188. The Morgan fingerprint density at radius 2 is 1.76 bits per heavy atom. The normalized spacial score (nSPS) is 11.6. The second-order valence-corrected chi connectivity index (χ2v) is 4.76. The van der Waals surface area contributed by atoms with Gasteiger partial charge in [-0.2, -0.15) is 0 Å². The van der Waals surface area contributed by atoms with Crippen molar-refractivity contribution in [1.82, 2.24) is 0 Å². The van der Waals surface area contributed by atoms with Gasteiger partial charge in [0.15, 0.2) is 6.04 Å². The van der Waals surface area contributed by atoms with Gasteiger partial charge in [0.25, 0.3) is 0 Å². The molecule has 0 amide bonds. The molecular formula is C16H16ClNO3. The van der Waals surface area contributed by atoms with E-state index < -0.39 is 6.04 Å². The molecule has 0 aromatic heterocycles. The molecule has 0 aliphatic carbocycles. The molecule has 1 N–H and O–H groups in total. The van der Waals surface area contributed by atoms with Crippen molar-refractivity contribution in [3.05, 3.63) is 59.1 Å². The quantitative estimate of drug-likeness (QED) is 0.856. The molecule has 1 atom stereocenters. The zero-order valence-electron chi connectivity index (χ0n) is 11.8. The van der Waals surface area contributed by atoms with Crippen molar-refractivity contribution >= 4 is 23.3 Å². The molecule has 4 nitrogen and oxygen atoms in total. The maximum atomic E-state index is 12.0. The van der Waals surface area contributed by atoms with Gasteiger partial charge in [-0.25, -0.2) is 4.79 Å². The van der Waals surface area contributed by atoms with Crippen molar-refractivity contribution in [3.63, 3.8) is 0 Å². The highest BCUT2D eigenvalue weighted by atomic mass is 35.5. The molecule has 0 bridgehead atoms. The number of esters is 1. The molecule has 0 spiro atoms. The zero-order chi connectivity index (χ0) is 15.2. The van der Waals surface area contributed by atoms with Gasteiger partial charge in [-0.15, -0.1) is 0 Å². The number of ether oxygens (including phenoxy) is 2. The van der Waals surface area contributed by atoms with Gasteiger partial charge in [-0.05, 0) is 29.8 Å². The molecule has 2 rings (SSSR count). The summed E-state index contributed by atoms with van der Waals surface area (Å²) in [7, 11) is 2.95. The number of methoxy groups -OCH3 is 2. The number of nitrogens with one attached hydrogen (secondary N) is 1. The lowest BCUT2D eigenvalue weighted by atomic mass is 10.1. The molecular weight excluding hydrogens is 290 g/mol. The SMILES string of the molecule is COC(=O)C(Nc1ccccc1Cl)c1ccc(OC)cc1. The molecule has 0 aliphatic heterocycles. The predicted octanol–water partition coefficient (Wildman–Crippen LogP) is 3.67. The highest BCUT2D eigenvalue weighted by Gasteiger charge is 2.22.